The second kappa shape index (κ2) is 7.02. The number of anilines is 1. The minimum absolute atomic E-state index is 0.0244. The molecule has 0 saturated heterocycles. The van der Waals surface area contributed by atoms with E-state index in [4.69, 9.17) is 0 Å². The number of benzene rings is 1. The summed E-state index contributed by atoms with van der Waals surface area (Å²) in [5, 5.41) is 5.96. The van der Waals surface area contributed by atoms with E-state index in [0.717, 1.165) is 0 Å². The Morgan fingerprint density at radius 1 is 1.14 bits per heavy atom. The Bertz CT molecular complexity index is 574. The molecule has 0 heterocycles. The first-order chi connectivity index (χ1) is 9.64. The number of carbonyl (C=O) groups is 1. The normalized spacial score (nSPS) is 12.2. The molecule has 118 valence electrons. The zero-order chi connectivity index (χ0) is 16.1. The summed E-state index contributed by atoms with van der Waals surface area (Å²) in [5.41, 5.74) is 0.550. The summed E-state index contributed by atoms with van der Waals surface area (Å²) in [6.45, 7) is 6.69. The quantitative estimate of drug-likeness (QED) is 0.739. The lowest BCUT2D eigenvalue weighted by molar-refractivity contribution is -0.116. The fourth-order valence-corrected chi connectivity index (χ4v) is 2.34. The van der Waals surface area contributed by atoms with Crippen LogP contribution in [0.1, 0.15) is 27.2 Å². The number of nitrogens with one attached hydrogen (secondary N) is 3. The van der Waals surface area contributed by atoms with Crippen molar-refractivity contribution in [1.82, 2.24) is 10.0 Å². The van der Waals surface area contributed by atoms with Crippen LogP contribution in [-0.4, -0.2) is 33.5 Å². The van der Waals surface area contributed by atoms with Crippen LogP contribution in [0.25, 0.3) is 0 Å². The third-order valence-electron chi connectivity index (χ3n) is 2.72. The summed E-state index contributed by atoms with van der Waals surface area (Å²) >= 11 is 0. The Kier molecular flexibility index (Phi) is 5.88. The van der Waals surface area contributed by atoms with Crippen molar-refractivity contribution in [2.24, 2.45) is 0 Å². The molecule has 0 bridgehead atoms. The highest BCUT2D eigenvalue weighted by Gasteiger charge is 2.12. The van der Waals surface area contributed by atoms with Gasteiger partial charge in [0.15, 0.2) is 0 Å². The van der Waals surface area contributed by atoms with Crippen molar-refractivity contribution >= 4 is 21.6 Å². The Hall–Kier alpha value is -1.44. The largest absolute Gasteiger partial charge is 0.326 e. The van der Waals surface area contributed by atoms with Crippen LogP contribution in [0, 0.1) is 0 Å². The Morgan fingerprint density at radius 2 is 1.71 bits per heavy atom. The van der Waals surface area contributed by atoms with E-state index in [2.05, 4.69) is 15.4 Å². The molecule has 7 heteroatoms. The molecule has 6 nitrogen and oxygen atoms in total. The second-order valence-corrected chi connectivity index (χ2v) is 7.59. The van der Waals surface area contributed by atoms with Crippen LogP contribution in [-0.2, 0) is 14.8 Å². The lowest BCUT2D eigenvalue weighted by Gasteiger charge is -2.20. The number of sulfonamides is 1. The van der Waals surface area contributed by atoms with E-state index in [-0.39, 0.29) is 16.3 Å². The van der Waals surface area contributed by atoms with Crippen molar-refractivity contribution in [2.75, 3.05) is 18.9 Å². The average Bonchev–Trinajstić information content (AvgIpc) is 2.37. The monoisotopic (exact) mass is 313 g/mol. The molecule has 0 spiro atoms. The van der Waals surface area contributed by atoms with E-state index in [1.165, 1.54) is 19.2 Å². The van der Waals surface area contributed by atoms with Gasteiger partial charge in [-0.05, 0) is 52.1 Å². The van der Waals surface area contributed by atoms with Gasteiger partial charge in [-0.1, -0.05) is 0 Å². The molecule has 0 atom stereocenters. The van der Waals surface area contributed by atoms with Gasteiger partial charge < -0.3 is 10.6 Å². The Labute approximate surface area is 126 Å². The molecule has 1 aromatic rings. The summed E-state index contributed by atoms with van der Waals surface area (Å²) in [6, 6.07) is 6.04. The summed E-state index contributed by atoms with van der Waals surface area (Å²) < 4.78 is 25.4. The van der Waals surface area contributed by atoms with Crippen LogP contribution in [0.4, 0.5) is 5.69 Å². The first kappa shape index (κ1) is 17.6. The molecule has 1 rings (SSSR count). The highest BCUT2D eigenvalue weighted by Crippen LogP contribution is 2.13. The standard InChI is InChI=1S/C14H23N3O3S/c1-14(2,3)16-10-9-13(18)17-11-5-7-12(8-6-11)21(19,20)15-4/h5-8,15-16H,9-10H2,1-4H3,(H,17,18). The van der Waals surface area contributed by atoms with E-state index in [0.29, 0.717) is 18.7 Å². The van der Waals surface area contributed by atoms with E-state index in [9.17, 15) is 13.2 Å². The van der Waals surface area contributed by atoms with Crippen molar-refractivity contribution in [3.63, 3.8) is 0 Å². The maximum atomic E-state index is 11.8. The van der Waals surface area contributed by atoms with Gasteiger partial charge in [-0.15, -0.1) is 0 Å². The van der Waals surface area contributed by atoms with Gasteiger partial charge >= 0.3 is 0 Å². The van der Waals surface area contributed by atoms with E-state index < -0.39 is 10.0 Å². The highest BCUT2D eigenvalue weighted by molar-refractivity contribution is 7.89. The summed E-state index contributed by atoms with van der Waals surface area (Å²) in [5.74, 6) is -0.115. The van der Waals surface area contributed by atoms with Gasteiger partial charge in [-0.2, -0.15) is 0 Å². The van der Waals surface area contributed by atoms with Crippen molar-refractivity contribution in [2.45, 2.75) is 37.6 Å². The predicted molar refractivity (Wildman–Crippen MR) is 83.7 cm³/mol. The molecule has 0 aliphatic heterocycles. The molecule has 0 saturated carbocycles. The van der Waals surface area contributed by atoms with Crippen LogP contribution in [0.2, 0.25) is 0 Å². The molecule has 0 aromatic heterocycles. The first-order valence-corrected chi connectivity index (χ1v) is 8.21. The van der Waals surface area contributed by atoms with Gasteiger partial charge in [-0.25, -0.2) is 13.1 Å². The molecule has 3 N–H and O–H groups in total. The summed E-state index contributed by atoms with van der Waals surface area (Å²) in [6.07, 6.45) is 0.355. The fourth-order valence-electron chi connectivity index (χ4n) is 1.61. The van der Waals surface area contributed by atoms with Gasteiger partial charge in [0.1, 0.15) is 0 Å². The minimum Gasteiger partial charge on any atom is -0.326 e. The molecule has 0 fully saturated rings. The lowest BCUT2D eigenvalue weighted by Crippen LogP contribution is -2.37. The fraction of sp³-hybridized carbons (Fsp3) is 0.500. The Morgan fingerprint density at radius 3 is 2.19 bits per heavy atom. The number of carbonyl (C=O) groups excluding carboxylic acids is 1. The van der Waals surface area contributed by atoms with Gasteiger partial charge in [-0.3, -0.25) is 4.79 Å². The third kappa shape index (κ3) is 6.24. The number of hydrogen-bond donors (Lipinski definition) is 3. The van der Waals surface area contributed by atoms with Gasteiger partial charge in [0.25, 0.3) is 0 Å². The van der Waals surface area contributed by atoms with Crippen molar-refractivity contribution in [3.05, 3.63) is 24.3 Å². The summed E-state index contributed by atoms with van der Waals surface area (Å²) in [7, 11) is -2.09. The molecule has 0 aliphatic carbocycles. The zero-order valence-corrected chi connectivity index (χ0v) is 13.7. The predicted octanol–water partition coefficient (Wildman–Crippen LogP) is 1.31. The number of amides is 1. The van der Waals surface area contributed by atoms with E-state index >= 15 is 0 Å². The smallest absolute Gasteiger partial charge is 0.240 e. The molecule has 0 aliphatic rings. The second-order valence-electron chi connectivity index (χ2n) is 5.71. The average molecular weight is 313 g/mol. The SMILES string of the molecule is CNS(=O)(=O)c1ccc(NC(=O)CCNC(C)(C)C)cc1. The zero-order valence-electron chi connectivity index (χ0n) is 12.9. The molecule has 21 heavy (non-hydrogen) atoms. The summed E-state index contributed by atoms with van der Waals surface area (Å²) in [4.78, 5) is 11.9. The Balaban J connectivity index is 2.54. The maximum absolute atomic E-state index is 11.8. The molecular formula is C14H23N3O3S. The molecule has 0 radical (unpaired) electrons. The van der Waals surface area contributed by atoms with Crippen LogP contribution < -0.4 is 15.4 Å². The molecule has 1 aromatic carbocycles. The molecule has 0 unspecified atom stereocenters. The van der Waals surface area contributed by atoms with Crippen LogP contribution in [0.3, 0.4) is 0 Å². The van der Waals surface area contributed by atoms with Gasteiger partial charge in [0.05, 0.1) is 4.90 Å². The van der Waals surface area contributed by atoms with Crippen LogP contribution in [0.5, 0.6) is 0 Å². The maximum Gasteiger partial charge on any atom is 0.240 e. The van der Waals surface area contributed by atoms with E-state index in [1.807, 2.05) is 20.8 Å². The van der Waals surface area contributed by atoms with E-state index in [1.54, 1.807) is 12.1 Å². The van der Waals surface area contributed by atoms with Crippen molar-refractivity contribution in [1.29, 1.82) is 0 Å². The van der Waals surface area contributed by atoms with Crippen molar-refractivity contribution in [3.8, 4) is 0 Å². The number of rotatable bonds is 6. The topological polar surface area (TPSA) is 87.3 Å². The first-order valence-electron chi connectivity index (χ1n) is 6.72. The van der Waals surface area contributed by atoms with Crippen LogP contribution in [0.15, 0.2) is 29.2 Å². The molecule has 1 amide bonds. The minimum atomic E-state index is -3.45. The van der Waals surface area contributed by atoms with Crippen molar-refractivity contribution < 1.29 is 13.2 Å². The van der Waals surface area contributed by atoms with Crippen LogP contribution >= 0.6 is 0 Å². The third-order valence-corrected chi connectivity index (χ3v) is 4.15. The number of hydrogen-bond acceptors (Lipinski definition) is 4. The lowest BCUT2D eigenvalue weighted by atomic mass is 10.1. The highest BCUT2D eigenvalue weighted by atomic mass is 32.2. The van der Waals surface area contributed by atoms with Gasteiger partial charge in [0, 0.05) is 24.2 Å². The van der Waals surface area contributed by atoms with Gasteiger partial charge in [0.2, 0.25) is 15.9 Å². The molecular weight excluding hydrogens is 290 g/mol.